The first-order valence-corrected chi connectivity index (χ1v) is 7.40. The second-order valence-corrected chi connectivity index (χ2v) is 5.32. The zero-order chi connectivity index (χ0) is 17.8. The summed E-state index contributed by atoms with van der Waals surface area (Å²) in [6, 6.07) is 9.38. The summed E-state index contributed by atoms with van der Waals surface area (Å²) < 4.78 is 18.3. The highest BCUT2D eigenvalue weighted by Gasteiger charge is 2.21. The van der Waals surface area contributed by atoms with Gasteiger partial charge in [-0.05, 0) is 29.8 Å². The molecule has 7 nitrogen and oxygen atoms in total. The molecule has 0 bridgehead atoms. The summed E-state index contributed by atoms with van der Waals surface area (Å²) >= 11 is 0. The average Bonchev–Trinajstić information content (AvgIpc) is 3.26. The molecule has 1 amide bonds. The van der Waals surface area contributed by atoms with Crippen LogP contribution in [0.5, 0.6) is 0 Å². The van der Waals surface area contributed by atoms with Crippen LogP contribution in [0.25, 0.3) is 11.5 Å². The van der Waals surface area contributed by atoms with Crippen molar-refractivity contribution in [3.63, 3.8) is 0 Å². The van der Waals surface area contributed by atoms with E-state index in [4.69, 9.17) is 9.52 Å². The summed E-state index contributed by atoms with van der Waals surface area (Å²) in [5.74, 6) is -1.57. The third-order valence-electron chi connectivity index (χ3n) is 3.55. The minimum atomic E-state index is -1.09. The molecule has 2 aromatic heterocycles. The Bertz CT molecular complexity index is 872. The molecule has 0 aliphatic heterocycles. The molecule has 0 aliphatic rings. The van der Waals surface area contributed by atoms with Crippen LogP contribution < -0.4 is 5.32 Å². The number of carbonyl (C=O) groups excluding carboxylic acids is 1. The molecule has 1 atom stereocenters. The Morgan fingerprint density at radius 3 is 2.68 bits per heavy atom. The number of carboxylic acids is 1. The van der Waals surface area contributed by atoms with E-state index in [1.165, 1.54) is 36.6 Å². The Morgan fingerprint density at radius 1 is 1.28 bits per heavy atom. The second kappa shape index (κ2) is 7.00. The Kier molecular flexibility index (Phi) is 4.60. The van der Waals surface area contributed by atoms with E-state index in [9.17, 15) is 14.0 Å². The number of aromatic nitrogens is 2. The molecule has 2 heterocycles. The fraction of sp³-hybridized carbons (Fsp3) is 0.118. The van der Waals surface area contributed by atoms with Gasteiger partial charge in [0.15, 0.2) is 11.5 Å². The van der Waals surface area contributed by atoms with Crippen LogP contribution in [-0.4, -0.2) is 27.2 Å². The van der Waals surface area contributed by atoms with E-state index in [1.807, 2.05) is 0 Å². The molecule has 0 spiro atoms. The van der Waals surface area contributed by atoms with E-state index in [2.05, 4.69) is 15.5 Å². The number of benzene rings is 1. The number of hydrogen-bond donors (Lipinski definition) is 3. The third kappa shape index (κ3) is 3.92. The van der Waals surface area contributed by atoms with Gasteiger partial charge in [0.05, 0.1) is 18.7 Å². The number of furan rings is 1. The van der Waals surface area contributed by atoms with E-state index >= 15 is 0 Å². The van der Waals surface area contributed by atoms with Gasteiger partial charge in [0, 0.05) is 6.07 Å². The number of rotatable bonds is 6. The van der Waals surface area contributed by atoms with Crippen LogP contribution in [0.1, 0.15) is 28.5 Å². The molecule has 0 saturated heterocycles. The summed E-state index contributed by atoms with van der Waals surface area (Å²) in [4.78, 5) is 23.4. The molecule has 0 radical (unpaired) electrons. The van der Waals surface area contributed by atoms with E-state index in [0.29, 0.717) is 17.0 Å². The summed E-state index contributed by atoms with van der Waals surface area (Å²) in [5.41, 5.74) is 1.09. The van der Waals surface area contributed by atoms with Gasteiger partial charge in [-0.15, -0.1) is 0 Å². The van der Waals surface area contributed by atoms with Crippen molar-refractivity contribution >= 4 is 11.9 Å². The van der Waals surface area contributed by atoms with Crippen LogP contribution in [0, 0.1) is 5.82 Å². The number of carboxylic acid groups (broad SMARTS) is 1. The molecular formula is C17H14FN3O4. The number of nitrogens with zero attached hydrogens (tertiary/aromatic N) is 1. The lowest BCUT2D eigenvalue weighted by Gasteiger charge is -2.16. The van der Waals surface area contributed by atoms with Crippen molar-refractivity contribution in [1.82, 2.24) is 15.5 Å². The zero-order valence-electron chi connectivity index (χ0n) is 12.9. The number of amides is 1. The first kappa shape index (κ1) is 16.4. The minimum Gasteiger partial charge on any atom is -0.481 e. The van der Waals surface area contributed by atoms with Gasteiger partial charge in [0.1, 0.15) is 11.5 Å². The maximum atomic E-state index is 13.1. The van der Waals surface area contributed by atoms with Gasteiger partial charge in [-0.25, -0.2) is 4.39 Å². The van der Waals surface area contributed by atoms with E-state index < -0.39 is 23.7 Å². The fourth-order valence-corrected chi connectivity index (χ4v) is 2.35. The smallest absolute Gasteiger partial charge is 0.305 e. The number of aromatic amines is 1. The van der Waals surface area contributed by atoms with Gasteiger partial charge >= 0.3 is 5.97 Å². The summed E-state index contributed by atoms with van der Waals surface area (Å²) in [7, 11) is 0. The molecule has 1 aromatic carbocycles. The first-order chi connectivity index (χ1) is 12.0. The molecule has 3 aromatic rings. The molecule has 0 unspecified atom stereocenters. The van der Waals surface area contributed by atoms with Crippen LogP contribution in [0.4, 0.5) is 4.39 Å². The Balaban J connectivity index is 1.78. The average molecular weight is 343 g/mol. The molecule has 3 N–H and O–H groups in total. The van der Waals surface area contributed by atoms with Gasteiger partial charge in [0.25, 0.3) is 5.91 Å². The van der Waals surface area contributed by atoms with Gasteiger partial charge in [-0.1, -0.05) is 12.1 Å². The van der Waals surface area contributed by atoms with Crippen molar-refractivity contribution in [2.45, 2.75) is 12.5 Å². The molecule has 0 saturated carbocycles. The predicted octanol–water partition coefficient (Wildman–Crippen LogP) is 2.75. The number of halogens is 1. The molecule has 25 heavy (non-hydrogen) atoms. The largest absolute Gasteiger partial charge is 0.481 e. The van der Waals surface area contributed by atoms with E-state index in [0.717, 1.165) is 0 Å². The normalized spacial score (nSPS) is 11.9. The quantitative estimate of drug-likeness (QED) is 0.638. The highest BCUT2D eigenvalue weighted by molar-refractivity contribution is 5.93. The number of hydrogen-bond acceptors (Lipinski definition) is 4. The van der Waals surface area contributed by atoms with Crippen LogP contribution in [0.15, 0.2) is 53.1 Å². The van der Waals surface area contributed by atoms with Crippen molar-refractivity contribution in [3.8, 4) is 11.5 Å². The lowest BCUT2D eigenvalue weighted by atomic mass is 10.0. The lowest BCUT2D eigenvalue weighted by molar-refractivity contribution is -0.137. The van der Waals surface area contributed by atoms with E-state index in [1.54, 1.807) is 12.1 Å². The standard InChI is InChI=1S/C17H14FN3O4/c18-11-5-3-10(4-6-11)12(9-16(22)23)19-17(24)14-8-13(20-21-14)15-2-1-7-25-15/h1-8,12H,9H2,(H,19,24)(H,20,21)(H,22,23)/t12-/m1/s1. The Hall–Kier alpha value is -3.42. The Labute approximate surface area is 141 Å². The van der Waals surface area contributed by atoms with Crippen molar-refractivity contribution in [1.29, 1.82) is 0 Å². The van der Waals surface area contributed by atoms with Gasteiger partial charge < -0.3 is 14.8 Å². The Morgan fingerprint density at radius 2 is 2.04 bits per heavy atom. The van der Waals surface area contributed by atoms with Gasteiger partial charge in [-0.3, -0.25) is 14.7 Å². The van der Waals surface area contributed by atoms with Crippen molar-refractivity contribution in [2.24, 2.45) is 0 Å². The fourth-order valence-electron chi connectivity index (χ4n) is 2.35. The van der Waals surface area contributed by atoms with Crippen molar-refractivity contribution in [3.05, 3.63) is 65.8 Å². The molecule has 3 rings (SSSR count). The monoisotopic (exact) mass is 343 g/mol. The van der Waals surface area contributed by atoms with Crippen LogP contribution >= 0.6 is 0 Å². The molecule has 128 valence electrons. The maximum Gasteiger partial charge on any atom is 0.305 e. The van der Waals surface area contributed by atoms with Gasteiger partial charge in [-0.2, -0.15) is 5.10 Å². The molecule has 8 heteroatoms. The summed E-state index contributed by atoms with van der Waals surface area (Å²) in [6.07, 6.45) is 1.15. The predicted molar refractivity (Wildman–Crippen MR) is 85.1 cm³/mol. The van der Waals surface area contributed by atoms with Crippen LogP contribution in [-0.2, 0) is 4.79 Å². The van der Waals surface area contributed by atoms with Gasteiger partial charge in [0.2, 0.25) is 0 Å². The second-order valence-electron chi connectivity index (χ2n) is 5.32. The van der Waals surface area contributed by atoms with E-state index in [-0.39, 0.29) is 12.1 Å². The first-order valence-electron chi connectivity index (χ1n) is 7.40. The molecular weight excluding hydrogens is 329 g/mol. The van der Waals surface area contributed by atoms with Crippen LogP contribution in [0.2, 0.25) is 0 Å². The van der Waals surface area contributed by atoms with Crippen LogP contribution in [0.3, 0.4) is 0 Å². The van der Waals surface area contributed by atoms with Crippen molar-refractivity contribution in [2.75, 3.05) is 0 Å². The third-order valence-corrected chi connectivity index (χ3v) is 3.55. The topological polar surface area (TPSA) is 108 Å². The number of H-pyrrole nitrogens is 1. The lowest BCUT2D eigenvalue weighted by Crippen LogP contribution is -2.30. The SMILES string of the molecule is O=C(O)C[C@@H](NC(=O)c1cc(-c2ccco2)[nH]n1)c1ccc(F)cc1. The summed E-state index contributed by atoms with van der Waals surface area (Å²) in [5, 5.41) is 18.2. The number of carbonyl (C=O) groups is 2. The minimum absolute atomic E-state index is 0.0869. The maximum absolute atomic E-state index is 13.1. The summed E-state index contributed by atoms with van der Waals surface area (Å²) in [6.45, 7) is 0. The number of aliphatic carboxylic acids is 1. The zero-order valence-corrected chi connectivity index (χ0v) is 12.9. The highest BCUT2D eigenvalue weighted by Crippen LogP contribution is 2.20. The number of nitrogens with one attached hydrogen (secondary N) is 2. The van der Waals surface area contributed by atoms with Crippen molar-refractivity contribution < 1.29 is 23.5 Å². The molecule has 0 fully saturated rings. The molecule has 0 aliphatic carbocycles. The highest BCUT2D eigenvalue weighted by atomic mass is 19.1.